The molecule has 5 heteroatoms. The Morgan fingerprint density at radius 3 is 2.50 bits per heavy atom. The number of rotatable bonds is 3. The number of ketones is 1. The Hall–Kier alpha value is -2.30. The number of halogens is 2. The van der Waals surface area contributed by atoms with Gasteiger partial charge in [-0.3, -0.25) is 9.78 Å². The SMILES string of the molecule is COc1ccc(C(=O)c2ccncc2F)c(F)c1. The van der Waals surface area contributed by atoms with Gasteiger partial charge < -0.3 is 4.74 Å². The smallest absolute Gasteiger partial charge is 0.199 e. The molecule has 0 aliphatic heterocycles. The lowest BCUT2D eigenvalue weighted by Crippen LogP contribution is -2.07. The zero-order valence-electron chi connectivity index (χ0n) is 9.48. The summed E-state index contributed by atoms with van der Waals surface area (Å²) in [6.45, 7) is 0. The quantitative estimate of drug-likeness (QED) is 0.785. The third-order valence-corrected chi connectivity index (χ3v) is 2.44. The molecule has 0 N–H and O–H groups in total. The van der Waals surface area contributed by atoms with Crippen LogP contribution < -0.4 is 4.74 Å². The number of hydrogen-bond donors (Lipinski definition) is 0. The van der Waals surface area contributed by atoms with E-state index in [1.54, 1.807) is 0 Å². The van der Waals surface area contributed by atoms with Crippen molar-refractivity contribution in [2.45, 2.75) is 0 Å². The molecule has 0 aliphatic rings. The van der Waals surface area contributed by atoms with Crippen molar-refractivity contribution in [2.24, 2.45) is 0 Å². The molecule has 0 radical (unpaired) electrons. The van der Waals surface area contributed by atoms with Gasteiger partial charge in [0.2, 0.25) is 0 Å². The number of carbonyl (C=O) groups excluding carboxylic acids is 1. The Bertz CT molecular complexity index is 599. The van der Waals surface area contributed by atoms with Crippen LogP contribution in [-0.2, 0) is 0 Å². The first kappa shape index (κ1) is 12.2. The normalized spacial score (nSPS) is 10.2. The molecule has 3 nitrogen and oxygen atoms in total. The van der Waals surface area contributed by atoms with Crippen molar-refractivity contribution in [3.63, 3.8) is 0 Å². The molecule has 0 atom stereocenters. The van der Waals surface area contributed by atoms with Gasteiger partial charge in [-0.05, 0) is 18.2 Å². The van der Waals surface area contributed by atoms with Gasteiger partial charge in [0.15, 0.2) is 11.6 Å². The molecule has 1 aromatic carbocycles. The molecular weight excluding hydrogens is 240 g/mol. The minimum absolute atomic E-state index is 0.207. The minimum Gasteiger partial charge on any atom is -0.497 e. The average molecular weight is 249 g/mol. The third kappa shape index (κ3) is 2.20. The molecule has 0 unspecified atom stereocenters. The Kier molecular flexibility index (Phi) is 3.32. The zero-order chi connectivity index (χ0) is 13.1. The minimum atomic E-state index is -0.780. The highest BCUT2D eigenvalue weighted by Gasteiger charge is 2.17. The van der Waals surface area contributed by atoms with Crippen LogP contribution in [0.2, 0.25) is 0 Å². The van der Waals surface area contributed by atoms with Gasteiger partial charge in [0.05, 0.1) is 24.4 Å². The van der Waals surface area contributed by atoms with Gasteiger partial charge in [0.1, 0.15) is 11.6 Å². The molecule has 0 spiro atoms. The predicted octanol–water partition coefficient (Wildman–Crippen LogP) is 2.60. The molecule has 0 saturated carbocycles. The molecule has 2 rings (SSSR count). The summed E-state index contributed by atoms with van der Waals surface area (Å²) in [5.74, 6) is -1.97. The number of methoxy groups -OCH3 is 1. The second kappa shape index (κ2) is 4.91. The zero-order valence-corrected chi connectivity index (χ0v) is 9.48. The van der Waals surface area contributed by atoms with Crippen LogP contribution in [0.1, 0.15) is 15.9 Å². The van der Waals surface area contributed by atoms with Crippen molar-refractivity contribution in [2.75, 3.05) is 7.11 Å². The maximum Gasteiger partial charge on any atom is 0.199 e. The highest BCUT2D eigenvalue weighted by Crippen LogP contribution is 2.20. The van der Waals surface area contributed by atoms with Crippen LogP contribution in [0.5, 0.6) is 5.75 Å². The molecule has 0 aliphatic carbocycles. The summed E-state index contributed by atoms with van der Waals surface area (Å²) in [6, 6.07) is 4.99. The number of nitrogens with zero attached hydrogens (tertiary/aromatic N) is 1. The summed E-state index contributed by atoms with van der Waals surface area (Å²) in [6.07, 6.45) is 2.19. The average Bonchev–Trinajstić information content (AvgIpc) is 2.38. The van der Waals surface area contributed by atoms with E-state index in [4.69, 9.17) is 4.74 Å². The molecular formula is C13H9F2NO2. The van der Waals surface area contributed by atoms with Gasteiger partial charge in [0, 0.05) is 12.3 Å². The van der Waals surface area contributed by atoms with Crippen molar-refractivity contribution in [3.05, 3.63) is 59.4 Å². The Morgan fingerprint density at radius 2 is 1.89 bits per heavy atom. The van der Waals surface area contributed by atoms with Crippen LogP contribution in [0.4, 0.5) is 8.78 Å². The van der Waals surface area contributed by atoms with Crippen molar-refractivity contribution < 1.29 is 18.3 Å². The summed E-state index contributed by atoms with van der Waals surface area (Å²) in [5.41, 5.74) is -0.421. The fraction of sp³-hybridized carbons (Fsp3) is 0.0769. The summed E-state index contributed by atoms with van der Waals surface area (Å²) in [5, 5.41) is 0. The molecule has 0 bridgehead atoms. The van der Waals surface area contributed by atoms with E-state index in [0.717, 1.165) is 12.3 Å². The Balaban J connectivity index is 2.44. The number of benzene rings is 1. The van der Waals surface area contributed by atoms with E-state index in [1.165, 1.54) is 31.5 Å². The molecule has 1 aromatic heterocycles. The topological polar surface area (TPSA) is 39.2 Å². The second-order valence-corrected chi connectivity index (χ2v) is 3.53. The fourth-order valence-electron chi connectivity index (χ4n) is 1.51. The summed E-state index contributed by atoms with van der Waals surface area (Å²) >= 11 is 0. The van der Waals surface area contributed by atoms with Crippen LogP contribution in [0.25, 0.3) is 0 Å². The van der Waals surface area contributed by atoms with Crippen LogP contribution in [0, 0.1) is 11.6 Å². The number of aromatic nitrogens is 1. The van der Waals surface area contributed by atoms with Gasteiger partial charge in [-0.15, -0.1) is 0 Å². The Labute approximate surface area is 102 Å². The standard InChI is InChI=1S/C13H9F2NO2/c1-18-8-2-3-9(11(14)6-8)13(17)10-4-5-16-7-12(10)15/h2-7H,1H3. The summed E-state index contributed by atoms with van der Waals surface area (Å²) in [4.78, 5) is 15.5. The molecule has 0 fully saturated rings. The van der Waals surface area contributed by atoms with E-state index in [2.05, 4.69) is 4.98 Å². The Morgan fingerprint density at radius 1 is 1.17 bits per heavy atom. The molecule has 0 saturated heterocycles. The van der Waals surface area contributed by atoms with Gasteiger partial charge >= 0.3 is 0 Å². The van der Waals surface area contributed by atoms with Crippen molar-refractivity contribution in [1.29, 1.82) is 0 Å². The van der Waals surface area contributed by atoms with Gasteiger partial charge in [-0.2, -0.15) is 0 Å². The lowest BCUT2D eigenvalue weighted by molar-refractivity contribution is 0.103. The van der Waals surface area contributed by atoms with Crippen LogP contribution >= 0.6 is 0 Å². The van der Waals surface area contributed by atoms with E-state index in [-0.39, 0.29) is 11.1 Å². The lowest BCUT2D eigenvalue weighted by Gasteiger charge is -2.05. The highest BCUT2D eigenvalue weighted by molar-refractivity contribution is 6.09. The van der Waals surface area contributed by atoms with E-state index >= 15 is 0 Å². The lowest BCUT2D eigenvalue weighted by atomic mass is 10.0. The van der Waals surface area contributed by atoms with Crippen LogP contribution in [0.3, 0.4) is 0 Å². The van der Waals surface area contributed by atoms with Crippen molar-refractivity contribution in [1.82, 2.24) is 4.98 Å². The molecule has 0 amide bonds. The van der Waals surface area contributed by atoms with E-state index < -0.39 is 17.4 Å². The van der Waals surface area contributed by atoms with E-state index in [1.807, 2.05) is 0 Å². The maximum absolute atomic E-state index is 13.7. The summed E-state index contributed by atoms with van der Waals surface area (Å²) < 4.78 is 31.9. The fourth-order valence-corrected chi connectivity index (χ4v) is 1.51. The first-order valence-electron chi connectivity index (χ1n) is 5.11. The molecule has 92 valence electrons. The highest BCUT2D eigenvalue weighted by atomic mass is 19.1. The van der Waals surface area contributed by atoms with E-state index in [0.29, 0.717) is 5.75 Å². The number of carbonyl (C=O) groups is 1. The molecule has 1 heterocycles. The first-order valence-corrected chi connectivity index (χ1v) is 5.11. The van der Waals surface area contributed by atoms with Gasteiger partial charge in [-0.25, -0.2) is 8.78 Å². The van der Waals surface area contributed by atoms with Crippen LogP contribution in [-0.4, -0.2) is 17.9 Å². The van der Waals surface area contributed by atoms with Crippen molar-refractivity contribution >= 4 is 5.78 Å². The monoisotopic (exact) mass is 249 g/mol. The van der Waals surface area contributed by atoms with Crippen molar-refractivity contribution in [3.8, 4) is 5.75 Å². The predicted molar refractivity (Wildman–Crippen MR) is 60.6 cm³/mol. The van der Waals surface area contributed by atoms with E-state index in [9.17, 15) is 13.6 Å². The first-order chi connectivity index (χ1) is 8.63. The van der Waals surface area contributed by atoms with Gasteiger partial charge in [0.25, 0.3) is 0 Å². The van der Waals surface area contributed by atoms with Gasteiger partial charge in [-0.1, -0.05) is 0 Å². The largest absolute Gasteiger partial charge is 0.497 e. The number of ether oxygens (including phenoxy) is 1. The summed E-state index contributed by atoms with van der Waals surface area (Å²) in [7, 11) is 1.39. The molecule has 18 heavy (non-hydrogen) atoms. The maximum atomic E-state index is 13.7. The number of hydrogen-bond acceptors (Lipinski definition) is 3. The number of pyridine rings is 1. The third-order valence-electron chi connectivity index (χ3n) is 2.44. The second-order valence-electron chi connectivity index (χ2n) is 3.53. The van der Waals surface area contributed by atoms with Crippen LogP contribution in [0.15, 0.2) is 36.7 Å². The molecule has 2 aromatic rings.